The van der Waals surface area contributed by atoms with E-state index in [-0.39, 0.29) is 11.8 Å². The van der Waals surface area contributed by atoms with E-state index in [0.29, 0.717) is 12.1 Å². The first-order chi connectivity index (χ1) is 15.9. The smallest absolute Gasteiger partial charge is 0.426 e. The Morgan fingerprint density at radius 3 is 2.12 bits per heavy atom. The fourth-order valence-electron chi connectivity index (χ4n) is 2.82. The van der Waals surface area contributed by atoms with Crippen molar-refractivity contribution in [1.29, 1.82) is 0 Å². The zero-order valence-electron chi connectivity index (χ0n) is 16.9. The van der Waals surface area contributed by atoms with E-state index in [0.717, 1.165) is 11.1 Å². The maximum absolute atomic E-state index is 12.7. The van der Waals surface area contributed by atoms with Gasteiger partial charge in [0.2, 0.25) is 0 Å². The Bertz CT molecular complexity index is 1360. The third kappa shape index (κ3) is 5.48. The number of rotatable bonds is 7. The first-order valence-corrected chi connectivity index (χ1v) is 12.0. The SMILES string of the molecule is O=C(CS(=O)c1ccc(S(=O)(=O)C(F)(F)F)cc1[N+](=O)[O-])Oc1ccc(-c2ccccc2)cc1. The minimum Gasteiger partial charge on any atom is -0.426 e. The molecule has 34 heavy (non-hydrogen) atoms. The van der Waals surface area contributed by atoms with Crippen molar-refractivity contribution in [2.75, 3.05) is 5.75 Å². The molecule has 3 aromatic carbocycles. The van der Waals surface area contributed by atoms with Crippen molar-refractivity contribution >= 4 is 32.3 Å². The van der Waals surface area contributed by atoms with Gasteiger partial charge in [-0.3, -0.25) is 19.1 Å². The normalized spacial score (nSPS) is 12.7. The molecule has 13 heteroatoms. The first kappa shape index (κ1) is 25.1. The molecule has 0 aromatic heterocycles. The first-order valence-electron chi connectivity index (χ1n) is 9.24. The van der Waals surface area contributed by atoms with E-state index < -0.39 is 58.3 Å². The molecule has 0 fully saturated rings. The molecule has 3 rings (SSSR count). The zero-order chi connectivity index (χ0) is 25.1. The van der Waals surface area contributed by atoms with Crippen molar-refractivity contribution in [1.82, 2.24) is 0 Å². The molecule has 0 spiro atoms. The lowest BCUT2D eigenvalue weighted by Crippen LogP contribution is -2.23. The molecule has 0 radical (unpaired) electrons. The number of hydrogen-bond donors (Lipinski definition) is 0. The Kier molecular flexibility index (Phi) is 7.17. The topological polar surface area (TPSA) is 121 Å². The number of sulfone groups is 1. The number of nitrogens with zero attached hydrogens (tertiary/aromatic N) is 1. The molecule has 0 aliphatic rings. The van der Waals surface area contributed by atoms with Gasteiger partial charge < -0.3 is 4.74 Å². The second kappa shape index (κ2) is 9.73. The summed E-state index contributed by atoms with van der Waals surface area (Å²) in [6.07, 6.45) is 0. The van der Waals surface area contributed by atoms with Crippen LogP contribution in [0.15, 0.2) is 82.6 Å². The molecule has 1 atom stereocenters. The van der Waals surface area contributed by atoms with E-state index >= 15 is 0 Å². The van der Waals surface area contributed by atoms with Crippen LogP contribution < -0.4 is 4.74 Å². The van der Waals surface area contributed by atoms with Crippen LogP contribution in [0.1, 0.15) is 0 Å². The van der Waals surface area contributed by atoms with Gasteiger partial charge in [-0.1, -0.05) is 42.5 Å². The van der Waals surface area contributed by atoms with E-state index in [9.17, 15) is 40.7 Å². The zero-order valence-corrected chi connectivity index (χ0v) is 18.5. The number of benzene rings is 3. The number of hydrogen-bond acceptors (Lipinski definition) is 7. The van der Waals surface area contributed by atoms with Crippen molar-refractivity contribution in [3.63, 3.8) is 0 Å². The summed E-state index contributed by atoms with van der Waals surface area (Å²) in [5.74, 6) is -1.76. The molecule has 0 aliphatic carbocycles. The van der Waals surface area contributed by atoms with Gasteiger partial charge in [-0.25, -0.2) is 8.42 Å². The van der Waals surface area contributed by atoms with E-state index in [4.69, 9.17) is 4.74 Å². The summed E-state index contributed by atoms with van der Waals surface area (Å²) in [5.41, 5.74) is -5.05. The lowest BCUT2D eigenvalue weighted by molar-refractivity contribution is -0.388. The number of alkyl halides is 3. The van der Waals surface area contributed by atoms with E-state index in [2.05, 4.69) is 0 Å². The van der Waals surface area contributed by atoms with Gasteiger partial charge in [-0.15, -0.1) is 0 Å². The number of esters is 1. The van der Waals surface area contributed by atoms with Crippen LogP contribution >= 0.6 is 0 Å². The summed E-state index contributed by atoms with van der Waals surface area (Å²) in [4.78, 5) is 20.2. The van der Waals surface area contributed by atoms with Crippen LogP contribution in [-0.2, 0) is 25.4 Å². The average Bonchev–Trinajstić information content (AvgIpc) is 2.78. The number of nitro groups is 1. The third-order valence-electron chi connectivity index (χ3n) is 4.43. The Balaban J connectivity index is 1.76. The van der Waals surface area contributed by atoms with Crippen LogP contribution in [0.5, 0.6) is 5.75 Å². The summed E-state index contributed by atoms with van der Waals surface area (Å²) < 4.78 is 78.8. The lowest BCUT2D eigenvalue weighted by Gasteiger charge is -2.10. The number of halogens is 3. The molecule has 0 bridgehead atoms. The number of carbonyl (C=O) groups excluding carboxylic acids is 1. The molecule has 8 nitrogen and oxygen atoms in total. The molecular formula is C21H14F3NO7S2. The van der Waals surface area contributed by atoms with Gasteiger partial charge in [0.15, 0.2) is 0 Å². The fraction of sp³-hybridized carbons (Fsp3) is 0.0952. The van der Waals surface area contributed by atoms with Gasteiger partial charge >= 0.3 is 11.5 Å². The molecule has 0 aliphatic heterocycles. The summed E-state index contributed by atoms with van der Waals surface area (Å²) >= 11 is 0. The lowest BCUT2D eigenvalue weighted by atomic mass is 10.1. The number of carbonyl (C=O) groups is 1. The Labute approximate surface area is 193 Å². The minimum absolute atomic E-state index is 0.114. The van der Waals surface area contributed by atoms with Gasteiger partial charge in [0.05, 0.1) is 20.6 Å². The van der Waals surface area contributed by atoms with Crippen molar-refractivity contribution in [3.05, 3.63) is 82.9 Å². The second-order valence-corrected chi connectivity index (χ2v) is 10.1. The van der Waals surface area contributed by atoms with Crippen LogP contribution in [0.3, 0.4) is 0 Å². The second-order valence-electron chi connectivity index (χ2n) is 6.69. The van der Waals surface area contributed by atoms with Gasteiger partial charge in [-0.2, -0.15) is 13.2 Å². The van der Waals surface area contributed by atoms with Gasteiger partial charge in [0.25, 0.3) is 15.5 Å². The molecule has 178 valence electrons. The van der Waals surface area contributed by atoms with Crippen LogP contribution in [-0.4, -0.2) is 34.8 Å². The predicted octanol–water partition coefficient (Wildman–Crippen LogP) is 4.27. The molecule has 0 heterocycles. The van der Waals surface area contributed by atoms with Crippen molar-refractivity contribution in [2.24, 2.45) is 0 Å². The maximum Gasteiger partial charge on any atom is 0.501 e. The Morgan fingerprint density at radius 1 is 0.971 bits per heavy atom. The average molecular weight is 513 g/mol. The highest BCUT2D eigenvalue weighted by molar-refractivity contribution is 7.92. The quantitative estimate of drug-likeness (QED) is 0.200. The Hall–Kier alpha value is -3.58. The molecule has 0 N–H and O–H groups in total. The molecule has 0 saturated carbocycles. The van der Waals surface area contributed by atoms with E-state index in [1.807, 2.05) is 30.3 Å². The van der Waals surface area contributed by atoms with Crippen LogP contribution in [0, 0.1) is 10.1 Å². The molecule has 0 saturated heterocycles. The summed E-state index contributed by atoms with van der Waals surface area (Å²) in [5, 5.41) is 11.3. The third-order valence-corrected chi connectivity index (χ3v) is 7.25. The Morgan fingerprint density at radius 2 is 1.56 bits per heavy atom. The highest BCUT2D eigenvalue weighted by Gasteiger charge is 2.47. The minimum atomic E-state index is -5.86. The van der Waals surface area contributed by atoms with E-state index in [1.165, 1.54) is 12.1 Å². The fourth-order valence-corrected chi connectivity index (χ4v) is 4.62. The number of nitro benzene ring substituents is 1. The van der Waals surface area contributed by atoms with Gasteiger partial charge in [0.1, 0.15) is 16.4 Å². The largest absolute Gasteiger partial charge is 0.501 e. The van der Waals surface area contributed by atoms with Crippen LogP contribution in [0.25, 0.3) is 11.1 Å². The molecule has 0 amide bonds. The molecule has 3 aromatic rings. The van der Waals surface area contributed by atoms with Crippen molar-refractivity contribution in [3.8, 4) is 16.9 Å². The molecule has 1 unspecified atom stereocenters. The monoisotopic (exact) mass is 513 g/mol. The van der Waals surface area contributed by atoms with Crippen LogP contribution in [0.2, 0.25) is 0 Å². The standard InChI is InChI=1S/C21H14F3NO7S2/c22-21(23,24)34(30,31)17-10-11-19(18(12-17)25(27)28)33(29)13-20(26)32-16-8-6-15(7-9-16)14-4-2-1-3-5-14/h1-12H,13H2. The van der Waals surface area contributed by atoms with Crippen LogP contribution in [0.4, 0.5) is 18.9 Å². The summed E-state index contributed by atoms with van der Waals surface area (Å²) in [6.45, 7) is 0. The predicted molar refractivity (Wildman–Crippen MR) is 115 cm³/mol. The highest BCUT2D eigenvalue weighted by atomic mass is 32.2. The van der Waals surface area contributed by atoms with E-state index in [1.54, 1.807) is 12.1 Å². The van der Waals surface area contributed by atoms with Gasteiger partial charge in [-0.05, 0) is 35.4 Å². The maximum atomic E-state index is 12.7. The van der Waals surface area contributed by atoms with Crippen molar-refractivity contribution in [2.45, 2.75) is 15.3 Å². The highest BCUT2D eigenvalue weighted by Crippen LogP contribution is 2.34. The summed E-state index contributed by atoms with van der Waals surface area (Å²) in [6, 6.07) is 16.8. The van der Waals surface area contributed by atoms with Crippen molar-refractivity contribution < 1.29 is 40.3 Å². The number of ether oxygens (including phenoxy) is 1. The van der Waals surface area contributed by atoms with Gasteiger partial charge in [0, 0.05) is 6.07 Å². The molecular weight excluding hydrogens is 499 g/mol. The summed E-state index contributed by atoms with van der Waals surface area (Å²) in [7, 11) is -8.26.